The van der Waals surface area contributed by atoms with Gasteiger partial charge in [-0.25, -0.2) is 45.8 Å². The number of hydrazone groups is 1. The number of rotatable bonds is 7. The number of nitrogens with zero attached hydrogens (tertiary/aromatic N) is 6. The van der Waals surface area contributed by atoms with Gasteiger partial charge in [-0.1, -0.05) is 6.92 Å². The molecular formula is C27H30F3N7O5S. The Morgan fingerprint density at radius 2 is 1.95 bits per heavy atom. The van der Waals surface area contributed by atoms with Crippen molar-refractivity contribution in [2.24, 2.45) is 10.5 Å². The molecular weight excluding hydrogens is 591 g/mol. The Labute approximate surface area is 245 Å². The number of halogens is 3. The summed E-state index contributed by atoms with van der Waals surface area (Å²) in [6.07, 6.45) is 4.40. The Hall–Kier alpha value is -3.76. The fraction of sp³-hybridized carbons (Fsp3) is 0.481. The van der Waals surface area contributed by atoms with Crippen LogP contribution >= 0.6 is 0 Å². The van der Waals surface area contributed by atoms with E-state index in [4.69, 9.17) is 9.47 Å². The lowest BCUT2D eigenvalue weighted by atomic mass is 9.75. The lowest BCUT2D eigenvalue weighted by Crippen LogP contribution is -2.60. The first-order valence-corrected chi connectivity index (χ1v) is 15.2. The number of sulfonamides is 1. The summed E-state index contributed by atoms with van der Waals surface area (Å²) in [5.74, 6) is -2.03. The first-order valence-electron chi connectivity index (χ1n) is 13.7. The van der Waals surface area contributed by atoms with Crippen molar-refractivity contribution >= 4 is 22.3 Å². The van der Waals surface area contributed by atoms with Crippen LogP contribution < -0.4 is 9.46 Å². The van der Waals surface area contributed by atoms with E-state index in [1.165, 1.54) is 26.7 Å². The quantitative estimate of drug-likeness (QED) is 0.503. The van der Waals surface area contributed by atoms with E-state index < -0.39 is 51.1 Å². The molecule has 2 aromatic rings. The minimum atomic E-state index is -3.88. The molecule has 1 aliphatic carbocycles. The lowest BCUT2D eigenvalue weighted by molar-refractivity contribution is 0.00481. The summed E-state index contributed by atoms with van der Waals surface area (Å²) in [6.45, 7) is 5.65. The molecule has 12 nitrogen and oxygen atoms in total. The van der Waals surface area contributed by atoms with Crippen LogP contribution in [0.1, 0.15) is 31.2 Å². The Balaban J connectivity index is 1.13. The molecule has 0 saturated carbocycles. The zero-order valence-corrected chi connectivity index (χ0v) is 24.4. The summed E-state index contributed by atoms with van der Waals surface area (Å²) in [4.78, 5) is 18.8. The van der Waals surface area contributed by atoms with Crippen LogP contribution in [0.25, 0.3) is 5.82 Å². The van der Waals surface area contributed by atoms with Crippen LogP contribution in [-0.4, -0.2) is 89.8 Å². The highest BCUT2D eigenvalue weighted by atomic mass is 32.2. The highest BCUT2D eigenvalue weighted by Crippen LogP contribution is 2.43. The van der Waals surface area contributed by atoms with Gasteiger partial charge < -0.3 is 14.4 Å². The topological polar surface area (TPSA) is 131 Å². The van der Waals surface area contributed by atoms with Crippen molar-refractivity contribution in [3.8, 4) is 11.6 Å². The maximum atomic E-state index is 14.7. The van der Waals surface area contributed by atoms with Crippen LogP contribution in [0.15, 0.2) is 46.1 Å². The average molecular weight is 622 g/mol. The van der Waals surface area contributed by atoms with Crippen LogP contribution in [0.3, 0.4) is 0 Å². The van der Waals surface area contributed by atoms with Crippen LogP contribution in [0.2, 0.25) is 0 Å². The molecule has 1 N–H and O–H groups in total. The summed E-state index contributed by atoms with van der Waals surface area (Å²) in [7, 11) is -3.88. The Kier molecular flexibility index (Phi) is 7.33. The van der Waals surface area contributed by atoms with Gasteiger partial charge in [-0.05, 0) is 19.9 Å². The molecule has 2 amide bonds. The highest BCUT2D eigenvalue weighted by molar-refractivity contribution is 7.89. The predicted octanol–water partition coefficient (Wildman–Crippen LogP) is 3.06. The number of amides is 2. The average Bonchev–Trinajstić information content (AvgIpc) is 3.49. The number of nitrogens with one attached hydrogen (secondary N) is 1. The van der Waals surface area contributed by atoms with Crippen LogP contribution in [-0.2, 0) is 14.8 Å². The van der Waals surface area contributed by atoms with E-state index in [2.05, 4.69) is 19.9 Å². The first-order chi connectivity index (χ1) is 20.3. The molecule has 0 radical (unpaired) electrons. The fourth-order valence-electron chi connectivity index (χ4n) is 5.76. The maximum absolute atomic E-state index is 14.7. The molecule has 5 heterocycles. The minimum absolute atomic E-state index is 0.00286. The molecule has 0 aromatic carbocycles. The van der Waals surface area contributed by atoms with Gasteiger partial charge in [-0.15, -0.1) is 0 Å². The zero-order chi connectivity index (χ0) is 30.7. The smallest absolute Gasteiger partial charge is 0.340 e. The van der Waals surface area contributed by atoms with E-state index in [0.29, 0.717) is 6.42 Å². The normalized spacial score (nSPS) is 24.5. The monoisotopic (exact) mass is 621 g/mol. The van der Waals surface area contributed by atoms with Crippen molar-refractivity contribution in [1.29, 1.82) is 0 Å². The van der Waals surface area contributed by atoms with E-state index in [1.807, 2.05) is 0 Å². The Morgan fingerprint density at radius 3 is 2.63 bits per heavy atom. The number of ether oxygens (including phenoxy) is 2. The summed E-state index contributed by atoms with van der Waals surface area (Å²) in [5.41, 5.74) is -0.446. The van der Waals surface area contributed by atoms with Crippen molar-refractivity contribution in [3.05, 3.63) is 53.3 Å². The van der Waals surface area contributed by atoms with Gasteiger partial charge in [-0.3, -0.25) is 0 Å². The zero-order valence-electron chi connectivity index (χ0n) is 23.6. The van der Waals surface area contributed by atoms with Gasteiger partial charge in [-0.2, -0.15) is 10.2 Å². The standard InChI is InChI=1S/C27H30F3N7O5S/c1-15-25(43(39,40)34-19-13-41-14-19)16(2)36(33-15)24-7-22(21(30)10-31-24)42-20-11-35(12-20)26(38)37-23(4-5-32-37)27(3)8-17(28)6-18(29)9-27/h5-8,10,19-20,23,34H,4,9,11-14H2,1-3H3/t23-,27?/m0/s1. The number of hydrogen-bond donors (Lipinski definition) is 1. The number of urea groups is 1. The number of aryl methyl sites for hydroxylation is 1. The van der Waals surface area contributed by atoms with Gasteiger partial charge in [0.25, 0.3) is 0 Å². The third-order valence-electron chi connectivity index (χ3n) is 7.99. The van der Waals surface area contributed by atoms with E-state index >= 15 is 0 Å². The number of carbonyl (C=O) groups is 1. The Bertz CT molecular complexity index is 1670. The van der Waals surface area contributed by atoms with E-state index in [0.717, 1.165) is 12.3 Å². The summed E-state index contributed by atoms with van der Waals surface area (Å²) < 4.78 is 83.5. The van der Waals surface area contributed by atoms with Gasteiger partial charge >= 0.3 is 6.03 Å². The number of aromatic nitrogens is 3. The van der Waals surface area contributed by atoms with Gasteiger partial charge in [0.05, 0.1) is 56.0 Å². The SMILES string of the molecule is Cc1nn(-c2cc(OC3CN(C(=O)N4N=CC[C@H]4C4(C)C=C(F)C=C(F)C4)C3)c(F)cn2)c(C)c1S(=O)(=O)NC1COC1. The third-order valence-corrected chi connectivity index (χ3v) is 9.76. The third kappa shape index (κ3) is 5.42. The molecule has 43 heavy (non-hydrogen) atoms. The van der Waals surface area contributed by atoms with Crippen LogP contribution in [0.4, 0.5) is 18.0 Å². The molecule has 2 fully saturated rings. The maximum Gasteiger partial charge on any atom is 0.340 e. The second-order valence-electron chi connectivity index (χ2n) is 11.4. The molecule has 6 rings (SSSR count). The lowest BCUT2D eigenvalue weighted by Gasteiger charge is -2.43. The van der Waals surface area contributed by atoms with Crippen LogP contribution in [0, 0.1) is 25.1 Å². The van der Waals surface area contributed by atoms with Crippen molar-refractivity contribution in [1.82, 2.24) is 29.4 Å². The highest BCUT2D eigenvalue weighted by Gasteiger charge is 2.46. The molecule has 1 unspecified atom stereocenters. The predicted molar refractivity (Wildman–Crippen MR) is 147 cm³/mol. The van der Waals surface area contributed by atoms with E-state index in [9.17, 15) is 26.4 Å². The molecule has 2 atom stereocenters. The molecule has 2 saturated heterocycles. The van der Waals surface area contributed by atoms with Gasteiger partial charge in [0.2, 0.25) is 10.0 Å². The second-order valence-corrected chi connectivity index (χ2v) is 13.0. The Morgan fingerprint density at radius 1 is 1.21 bits per heavy atom. The van der Waals surface area contributed by atoms with Gasteiger partial charge in [0.15, 0.2) is 17.4 Å². The summed E-state index contributed by atoms with van der Waals surface area (Å²) >= 11 is 0. The minimum Gasteiger partial charge on any atom is -0.483 e. The fourth-order valence-corrected chi connectivity index (χ4v) is 7.36. The van der Waals surface area contributed by atoms with Crippen molar-refractivity contribution in [2.45, 2.75) is 56.7 Å². The van der Waals surface area contributed by atoms with Crippen molar-refractivity contribution in [3.63, 3.8) is 0 Å². The molecule has 3 aliphatic heterocycles. The van der Waals surface area contributed by atoms with Gasteiger partial charge in [0.1, 0.15) is 22.7 Å². The second kappa shape index (κ2) is 10.7. The molecule has 230 valence electrons. The molecule has 16 heteroatoms. The van der Waals surface area contributed by atoms with E-state index in [1.54, 1.807) is 27.0 Å². The van der Waals surface area contributed by atoms with Crippen molar-refractivity contribution in [2.75, 3.05) is 26.3 Å². The van der Waals surface area contributed by atoms with Gasteiger partial charge in [0, 0.05) is 36.6 Å². The number of allylic oxidation sites excluding steroid dienone is 3. The summed E-state index contributed by atoms with van der Waals surface area (Å²) in [5, 5.41) is 9.73. The van der Waals surface area contributed by atoms with Crippen molar-refractivity contribution < 1.29 is 35.9 Å². The number of likely N-dealkylation sites (tertiary alicyclic amines) is 1. The number of carbonyl (C=O) groups excluding carboxylic acids is 1. The van der Waals surface area contributed by atoms with E-state index in [-0.39, 0.29) is 66.6 Å². The molecule has 4 aliphatic rings. The largest absolute Gasteiger partial charge is 0.483 e. The summed E-state index contributed by atoms with van der Waals surface area (Å²) in [6, 6.07) is -0.0187. The number of hydrogen-bond acceptors (Lipinski definition) is 8. The molecule has 0 bridgehead atoms. The number of pyridine rings is 1. The first kappa shape index (κ1) is 29.3. The van der Waals surface area contributed by atoms with Crippen LogP contribution in [0.5, 0.6) is 5.75 Å². The molecule has 2 aromatic heterocycles. The molecule has 0 spiro atoms.